The van der Waals surface area contributed by atoms with Crippen LogP contribution in [-0.4, -0.2) is 12.5 Å². The van der Waals surface area contributed by atoms with Gasteiger partial charge < -0.3 is 11.1 Å². The summed E-state index contributed by atoms with van der Waals surface area (Å²) in [6.45, 7) is 2.73. The molecule has 1 aliphatic rings. The van der Waals surface area contributed by atoms with Gasteiger partial charge >= 0.3 is 0 Å². The topological polar surface area (TPSA) is 55.1 Å². The number of amides is 1. The smallest absolute Gasteiger partial charge is 0.251 e. The van der Waals surface area contributed by atoms with Crippen molar-refractivity contribution in [3.8, 4) is 0 Å². The lowest BCUT2D eigenvalue weighted by Gasteiger charge is -2.12. The van der Waals surface area contributed by atoms with Gasteiger partial charge in [-0.2, -0.15) is 0 Å². The van der Waals surface area contributed by atoms with Gasteiger partial charge in [-0.05, 0) is 49.4 Å². The van der Waals surface area contributed by atoms with E-state index < -0.39 is 0 Å². The predicted octanol–water partition coefficient (Wildman–Crippen LogP) is 2.50. The van der Waals surface area contributed by atoms with Crippen molar-refractivity contribution < 1.29 is 4.79 Å². The van der Waals surface area contributed by atoms with E-state index in [1.54, 1.807) is 12.1 Å². The van der Waals surface area contributed by atoms with Crippen molar-refractivity contribution in [3.05, 3.63) is 29.3 Å². The van der Waals surface area contributed by atoms with E-state index in [1.807, 2.05) is 13.0 Å². The molecule has 0 radical (unpaired) electrons. The van der Waals surface area contributed by atoms with E-state index in [9.17, 15) is 4.79 Å². The minimum atomic E-state index is 0.0226. The summed E-state index contributed by atoms with van der Waals surface area (Å²) in [6.07, 6.45) is 5.12. The summed E-state index contributed by atoms with van der Waals surface area (Å²) in [6, 6.07) is 5.41. The number of nitrogens with one attached hydrogen (secondary N) is 1. The van der Waals surface area contributed by atoms with Crippen LogP contribution in [0.3, 0.4) is 0 Å². The molecule has 0 spiro atoms. The minimum Gasteiger partial charge on any atom is -0.399 e. The SMILES string of the molecule is Cc1cc(N)ccc1C(=O)NCC1CCCC1. The minimum absolute atomic E-state index is 0.0226. The third kappa shape index (κ3) is 2.99. The van der Waals surface area contributed by atoms with E-state index in [0.717, 1.165) is 17.7 Å². The molecule has 17 heavy (non-hydrogen) atoms. The molecule has 0 unspecified atom stereocenters. The van der Waals surface area contributed by atoms with Crippen LogP contribution in [0.4, 0.5) is 5.69 Å². The number of nitrogens with two attached hydrogens (primary N) is 1. The average Bonchev–Trinajstić information content (AvgIpc) is 2.78. The Morgan fingerprint density at radius 3 is 2.76 bits per heavy atom. The molecule has 0 aromatic heterocycles. The second-order valence-corrected chi connectivity index (χ2v) is 4.93. The standard InChI is InChI=1S/C14H20N2O/c1-10-8-12(15)6-7-13(10)14(17)16-9-11-4-2-3-5-11/h6-8,11H,2-5,9,15H2,1H3,(H,16,17). The lowest BCUT2D eigenvalue weighted by atomic mass is 10.1. The molecule has 1 aromatic rings. The zero-order valence-electron chi connectivity index (χ0n) is 10.3. The third-order valence-corrected chi connectivity index (χ3v) is 3.52. The summed E-state index contributed by atoms with van der Waals surface area (Å²) in [4.78, 5) is 12.0. The molecule has 1 fully saturated rings. The Bertz CT molecular complexity index is 409. The molecule has 92 valence electrons. The number of carbonyl (C=O) groups excluding carboxylic acids is 1. The first kappa shape index (κ1) is 12.0. The number of hydrogen-bond acceptors (Lipinski definition) is 2. The van der Waals surface area contributed by atoms with Crippen LogP contribution < -0.4 is 11.1 Å². The van der Waals surface area contributed by atoms with Crippen molar-refractivity contribution in [2.75, 3.05) is 12.3 Å². The van der Waals surface area contributed by atoms with Gasteiger partial charge in [0, 0.05) is 17.8 Å². The van der Waals surface area contributed by atoms with E-state index in [0.29, 0.717) is 11.6 Å². The van der Waals surface area contributed by atoms with E-state index in [4.69, 9.17) is 5.73 Å². The summed E-state index contributed by atoms with van der Waals surface area (Å²) in [5.74, 6) is 0.697. The Morgan fingerprint density at radius 1 is 1.41 bits per heavy atom. The molecule has 3 N–H and O–H groups in total. The quantitative estimate of drug-likeness (QED) is 0.787. The summed E-state index contributed by atoms with van der Waals surface area (Å²) in [7, 11) is 0. The highest BCUT2D eigenvalue weighted by Gasteiger charge is 2.16. The van der Waals surface area contributed by atoms with Gasteiger partial charge in [-0.15, -0.1) is 0 Å². The average molecular weight is 232 g/mol. The number of aryl methyl sites for hydroxylation is 1. The molecule has 0 atom stereocenters. The number of benzene rings is 1. The lowest BCUT2D eigenvalue weighted by Crippen LogP contribution is -2.28. The Kier molecular flexibility index (Phi) is 3.67. The fraction of sp³-hybridized carbons (Fsp3) is 0.500. The Balaban J connectivity index is 1.94. The van der Waals surface area contributed by atoms with E-state index in [-0.39, 0.29) is 5.91 Å². The number of nitrogen functional groups attached to an aromatic ring is 1. The number of anilines is 1. The van der Waals surface area contributed by atoms with Crippen LogP contribution in [-0.2, 0) is 0 Å². The molecular weight excluding hydrogens is 212 g/mol. The zero-order valence-corrected chi connectivity index (χ0v) is 10.3. The van der Waals surface area contributed by atoms with Crippen LogP contribution in [0.5, 0.6) is 0 Å². The van der Waals surface area contributed by atoms with Crippen molar-refractivity contribution in [2.45, 2.75) is 32.6 Å². The third-order valence-electron chi connectivity index (χ3n) is 3.52. The fourth-order valence-electron chi connectivity index (χ4n) is 2.49. The molecule has 1 amide bonds. The van der Waals surface area contributed by atoms with Crippen molar-refractivity contribution in [3.63, 3.8) is 0 Å². The van der Waals surface area contributed by atoms with Crippen LogP contribution >= 0.6 is 0 Å². The number of hydrogen-bond donors (Lipinski definition) is 2. The highest BCUT2D eigenvalue weighted by atomic mass is 16.1. The number of rotatable bonds is 3. The molecule has 0 heterocycles. The van der Waals surface area contributed by atoms with E-state index in [1.165, 1.54) is 25.7 Å². The maximum absolute atomic E-state index is 12.0. The van der Waals surface area contributed by atoms with Gasteiger partial charge in [-0.1, -0.05) is 12.8 Å². The largest absolute Gasteiger partial charge is 0.399 e. The van der Waals surface area contributed by atoms with Gasteiger partial charge in [0.25, 0.3) is 5.91 Å². The van der Waals surface area contributed by atoms with Gasteiger partial charge in [0.05, 0.1) is 0 Å². The molecule has 0 saturated heterocycles. The maximum Gasteiger partial charge on any atom is 0.251 e. The summed E-state index contributed by atoms with van der Waals surface area (Å²) >= 11 is 0. The Labute approximate surface area is 102 Å². The van der Waals surface area contributed by atoms with Crippen LogP contribution in [0.15, 0.2) is 18.2 Å². The van der Waals surface area contributed by atoms with Gasteiger partial charge in [0.2, 0.25) is 0 Å². The second-order valence-electron chi connectivity index (χ2n) is 4.93. The summed E-state index contributed by atoms with van der Waals surface area (Å²) < 4.78 is 0. The fourth-order valence-corrected chi connectivity index (χ4v) is 2.49. The first-order valence-electron chi connectivity index (χ1n) is 6.31. The lowest BCUT2D eigenvalue weighted by molar-refractivity contribution is 0.0947. The molecule has 3 heteroatoms. The Hall–Kier alpha value is -1.51. The number of carbonyl (C=O) groups is 1. The van der Waals surface area contributed by atoms with Crippen LogP contribution in [0, 0.1) is 12.8 Å². The first-order chi connectivity index (χ1) is 8.16. The monoisotopic (exact) mass is 232 g/mol. The molecule has 0 bridgehead atoms. The summed E-state index contributed by atoms with van der Waals surface area (Å²) in [5.41, 5.74) is 8.05. The molecule has 2 rings (SSSR count). The normalized spacial score (nSPS) is 16.1. The second kappa shape index (κ2) is 5.21. The maximum atomic E-state index is 12.0. The molecule has 1 aliphatic carbocycles. The van der Waals surface area contributed by atoms with Gasteiger partial charge in [-0.3, -0.25) is 4.79 Å². The molecular formula is C14H20N2O. The molecule has 1 aromatic carbocycles. The molecule has 1 saturated carbocycles. The molecule has 0 aliphatic heterocycles. The van der Waals surface area contributed by atoms with Crippen LogP contribution in [0.2, 0.25) is 0 Å². The van der Waals surface area contributed by atoms with Crippen LogP contribution in [0.25, 0.3) is 0 Å². The van der Waals surface area contributed by atoms with Crippen molar-refractivity contribution in [1.82, 2.24) is 5.32 Å². The highest BCUT2D eigenvalue weighted by molar-refractivity contribution is 5.95. The first-order valence-corrected chi connectivity index (χ1v) is 6.31. The summed E-state index contributed by atoms with van der Waals surface area (Å²) in [5, 5.41) is 3.02. The van der Waals surface area contributed by atoms with E-state index in [2.05, 4.69) is 5.32 Å². The van der Waals surface area contributed by atoms with Gasteiger partial charge in [0.15, 0.2) is 0 Å². The van der Waals surface area contributed by atoms with Crippen molar-refractivity contribution >= 4 is 11.6 Å². The van der Waals surface area contributed by atoms with Crippen LogP contribution in [0.1, 0.15) is 41.6 Å². The predicted molar refractivity (Wildman–Crippen MR) is 69.9 cm³/mol. The molecule has 3 nitrogen and oxygen atoms in total. The van der Waals surface area contributed by atoms with Gasteiger partial charge in [-0.25, -0.2) is 0 Å². The van der Waals surface area contributed by atoms with Gasteiger partial charge in [0.1, 0.15) is 0 Å². The van der Waals surface area contributed by atoms with E-state index >= 15 is 0 Å². The zero-order chi connectivity index (χ0) is 12.3. The van der Waals surface area contributed by atoms with Crippen molar-refractivity contribution in [2.24, 2.45) is 5.92 Å². The van der Waals surface area contributed by atoms with Crippen molar-refractivity contribution in [1.29, 1.82) is 0 Å². The highest BCUT2D eigenvalue weighted by Crippen LogP contribution is 2.23. The Morgan fingerprint density at radius 2 is 2.12 bits per heavy atom.